The quantitative estimate of drug-likeness (QED) is 0.681. The summed E-state index contributed by atoms with van der Waals surface area (Å²) >= 11 is 0. The number of rotatable bonds is 6. The van der Waals surface area contributed by atoms with E-state index >= 15 is 0 Å². The highest BCUT2D eigenvalue weighted by Gasteiger charge is 2.54. The van der Waals surface area contributed by atoms with Crippen LogP contribution in [-0.4, -0.2) is 53.4 Å². The number of alkyl halides is 1. The average Bonchev–Trinajstić information content (AvgIpc) is 2.89. The highest BCUT2D eigenvalue weighted by molar-refractivity contribution is 6.01. The zero-order valence-electron chi connectivity index (χ0n) is 14.9. The van der Waals surface area contributed by atoms with E-state index in [1.54, 1.807) is 25.1 Å². The molecule has 3 atom stereocenters. The number of nitrogens with two attached hydrogens (primary N) is 1. The molecular formula is C18H20FN3O5. The fraction of sp³-hybridized carbons (Fsp3) is 0.389. The molecule has 1 aromatic carbocycles. The Morgan fingerprint density at radius 1 is 1.48 bits per heavy atom. The van der Waals surface area contributed by atoms with Gasteiger partial charge in [0, 0.05) is 11.6 Å². The summed E-state index contributed by atoms with van der Waals surface area (Å²) in [6, 6.07) is 3.87. The Bertz CT molecular complexity index is 906. The van der Waals surface area contributed by atoms with E-state index in [0.29, 0.717) is 10.8 Å². The predicted octanol–water partition coefficient (Wildman–Crippen LogP) is 0.699. The summed E-state index contributed by atoms with van der Waals surface area (Å²) in [4.78, 5) is 27.3. The van der Waals surface area contributed by atoms with Gasteiger partial charge in [-0.3, -0.25) is 9.59 Å². The van der Waals surface area contributed by atoms with Gasteiger partial charge in [-0.15, -0.1) is 0 Å². The van der Waals surface area contributed by atoms with E-state index < -0.39 is 29.6 Å². The van der Waals surface area contributed by atoms with Crippen LogP contribution in [0, 0.1) is 0 Å². The monoisotopic (exact) mass is 377 g/mol. The molecule has 144 valence electrons. The molecule has 9 heteroatoms. The number of nitrogens with one attached hydrogen (secondary N) is 1. The number of aromatic nitrogens is 1. The third-order valence-corrected chi connectivity index (χ3v) is 4.86. The molecule has 1 fully saturated rings. The summed E-state index contributed by atoms with van der Waals surface area (Å²) in [5.74, 6) is -1.05. The van der Waals surface area contributed by atoms with Crippen LogP contribution in [0.1, 0.15) is 23.7 Å². The van der Waals surface area contributed by atoms with Gasteiger partial charge in [0.25, 0.3) is 11.8 Å². The highest BCUT2D eigenvalue weighted by Crippen LogP contribution is 2.32. The predicted molar refractivity (Wildman–Crippen MR) is 94.4 cm³/mol. The molecule has 27 heavy (non-hydrogen) atoms. The Morgan fingerprint density at radius 2 is 2.22 bits per heavy atom. The summed E-state index contributed by atoms with van der Waals surface area (Å²) in [5.41, 5.74) is 3.73. The standard InChI is InChI=1S/C18H20FN3O5/c1-3-18(25)13(22-16(24)14(18)19)8-27-17-10-7-12(26-2)11(15(20)23)6-9(10)4-5-21-17/h4-7,13-14,25H,3,8H2,1-2H3,(H2,20,23)(H,22,24). The number of nitrogens with zero attached hydrogens (tertiary/aromatic N) is 1. The van der Waals surface area contributed by atoms with E-state index in [4.69, 9.17) is 15.2 Å². The number of amides is 2. The number of carbonyl (C=O) groups excluding carboxylic acids is 2. The van der Waals surface area contributed by atoms with E-state index in [1.807, 2.05) is 0 Å². The second kappa shape index (κ2) is 6.99. The number of pyridine rings is 1. The number of hydrogen-bond donors (Lipinski definition) is 3. The average molecular weight is 377 g/mol. The molecule has 2 aromatic rings. The number of fused-ring (bicyclic) bond motifs is 1. The lowest BCUT2D eigenvalue weighted by Crippen LogP contribution is -2.49. The first-order chi connectivity index (χ1) is 12.8. The van der Waals surface area contributed by atoms with Crippen LogP contribution >= 0.6 is 0 Å². The molecule has 0 spiro atoms. The van der Waals surface area contributed by atoms with Gasteiger partial charge < -0.3 is 25.6 Å². The third-order valence-electron chi connectivity index (χ3n) is 4.86. The summed E-state index contributed by atoms with van der Waals surface area (Å²) in [5, 5.41) is 14.0. The number of benzene rings is 1. The second-order valence-electron chi connectivity index (χ2n) is 6.33. The van der Waals surface area contributed by atoms with Crippen molar-refractivity contribution in [3.8, 4) is 11.6 Å². The van der Waals surface area contributed by atoms with Crippen molar-refractivity contribution in [1.29, 1.82) is 0 Å². The summed E-state index contributed by atoms with van der Waals surface area (Å²) in [6.07, 6.45) is -0.499. The Kier molecular flexibility index (Phi) is 4.88. The molecule has 1 aliphatic rings. The fourth-order valence-electron chi connectivity index (χ4n) is 3.20. The molecular weight excluding hydrogens is 357 g/mol. The van der Waals surface area contributed by atoms with Crippen molar-refractivity contribution < 1.29 is 28.6 Å². The lowest BCUT2D eigenvalue weighted by molar-refractivity contribution is -0.127. The molecule has 4 N–H and O–H groups in total. The number of halogens is 1. The summed E-state index contributed by atoms with van der Waals surface area (Å²) in [7, 11) is 1.40. The highest BCUT2D eigenvalue weighted by atomic mass is 19.1. The minimum Gasteiger partial charge on any atom is -0.496 e. The van der Waals surface area contributed by atoms with E-state index in [-0.39, 0.29) is 30.2 Å². The van der Waals surface area contributed by atoms with Gasteiger partial charge in [-0.2, -0.15) is 0 Å². The smallest absolute Gasteiger partial charge is 0.258 e. The zero-order chi connectivity index (χ0) is 19.8. The van der Waals surface area contributed by atoms with Crippen LogP contribution in [0.4, 0.5) is 4.39 Å². The van der Waals surface area contributed by atoms with Crippen molar-refractivity contribution in [2.24, 2.45) is 5.73 Å². The van der Waals surface area contributed by atoms with Crippen LogP contribution in [0.15, 0.2) is 24.4 Å². The van der Waals surface area contributed by atoms with E-state index in [0.717, 1.165) is 0 Å². The Balaban J connectivity index is 1.92. The summed E-state index contributed by atoms with van der Waals surface area (Å²) in [6.45, 7) is 1.41. The maximum absolute atomic E-state index is 14.0. The number of primary amides is 1. The molecule has 0 bridgehead atoms. The maximum Gasteiger partial charge on any atom is 0.258 e. The van der Waals surface area contributed by atoms with Gasteiger partial charge in [-0.05, 0) is 30.0 Å². The molecule has 1 aromatic heterocycles. The van der Waals surface area contributed by atoms with Crippen LogP contribution in [0.3, 0.4) is 0 Å². The lowest BCUT2D eigenvalue weighted by atomic mass is 9.91. The molecule has 3 rings (SSSR count). The van der Waals surface area contributed by atoms with Crippen molar-refractivity contribution in [2.45, 2.75) is 31.2 Å². The number of hydrogen-bond acceptors (Lipinski definition) is 6. The molecule has 2 heterocycles. The van der Waals surface area contributed by atoms with Crippen molar-refractivity contribution in [3.05, 3.63) is 30.0 Å². The molecule has 0 saturated carbocycles. The van der Waals surface area contributed by atoms with Gasteiger partial charge >= 0.3 is 0 Å². The summed E-state index contributed by atoms with van der Waals surface area (Å²) < 4.78 is 24.9. The number of aliphatic hydroxyl groups is 1. The SMILES string of the molecule is CCC1(O)C(COc2nccc3cc(C(N)=O)c(OC)cc23)NC(=O)C1F. The molecule has 1 saturated heterocycles. The first kappa shape index (κ1) is 18.8. The third kappa shape index (κ3) is 3.14. The van der Waals surface area contributed by atoms with Crippen molar-refractivity contribution in [2.75, 3.05) is 13.7 Å². The van der Waals surface area contributed by atoms with Crippen molar-refractivity contribution in [3.63, 3.8) is 0 Å². The minimum absolute atomic E-state index is 0.0414. The minimum atomic E-state index is -2.02. The van der Waals surface area contributed by atoms with Gasteiger partial charge in [-0.1, -0.05) is 6.92 Å². The zero-order valence-corrected chi connectivity index (χ0v) is 14.9. The first-order valence-electron chi connectivity index (χ1n) is 8.38. The first-order valence-corrected chi connectivity index (χ1v) is 8.38. The molecule has 0 aliphatic carbocycles. The Labute approximate surface area is 154 Å². The fourth-order valence-corrected chi connectivity index (χ4v) is 3.20. The molecule has 2 amide bonds. The van der Waals surface area contributed by atoms with E-state index in [1.165, 1.54) is 13.3 Å². The van der Waals surface area contributed by atoms with Crippen molar-refractivity contribution >= 4 is 22.6 Å². The lowest BCUT2D eigenvalue weighted by Gasteiger charge is -2.28. The van der Waals surface area contributed by atoms with Crippen LogP contribution in [0.5, 0.6) is 11.6 Å². The largest absolute Gasteiger partial charge is 0.496 e. The Morgan fingerprint density at radius 3 is 2.85 bits per heavy atom. The number of methoxy groups -OCH3 is 1. The van der Waals surface area contributed by atoms with Crippen LogP contribution in [-0.2, 0) is 4.79 Å². The molecule has 1 aliphatic heterocycles. The van der Waals surface area contributed by atoms with Crippen LogP contribution in [0.2, 0.25) is 0 Å². The van der Waals surface area contributed by atoms with Crippen molar-refractivity contribution in [1.82, 2.24) is 10.3 Å². The van der Waals surface area contributed by atoms with Gasteiger partial charge in [0.2, 0.25) is 12.1 Å². The molecule has 8 nitrogen and oxygen atoms in total. The second-order valence-corrected chi connectivity index (χ2v) is 6.33. The molecule has 3 unspecified atom stereocenters. The van der Waals surface area contributed by atoms with Gasteiger partial charge in [0.05, 0.1) is 18.7 Å². The normalized spacial score (nSPS) is 24.7. The van der Waals surface area contributed by atoms with Gasteiger partial charge in [0.1, 0.15) is 18.0 Å². The van der Waals surface area contributed by atoms with E-state index in [9.17, 15) is 19.1 Å². The maximum atomic E-state index is 14.0. The van der Waals surface area contributed by atoms with Crippen LogP contribution < -0.4 is 20.5 Å². The van der Waals surface area contributed by atoms with Gasteiger partial charge in [-0.25, -0.2) is 9.37 Å². The van der Waals surface area contributed by atoms with Crippen LogP contribution in [0.25, 0.3) is 10.8 Å². The Hall–Kier alpha value is -2.94. The number of carbonyl (C=O) groups is 2. The number of ether oxygens (including phenoxy) is 2. The molecule has 0 radical (unpaired) electrons. The van der Waals surface area contributed by atoms with Gasteiger partial charge in [0.15, 0.2) is 0 Å². The van der Waals surface area contributed by atoms with E-state index in [2.05, 4.69) is 10.3 Å². The topological polar surface area (TPSA) is 124 Å².